The van der Waals surface area contributed by atoms with Crippen molar-refractivity contribution in [1.29, 1.82) is 0 Å². The number of aryl methyl sites for hydroxylation is 1. The fraction of sp³-hybridized carbons (Fsp3) is 0.333. The van der Waals surface area contributed by atoms with Crippen molar-refractivity contribution in [3.8, 4) is 5.75 Å². The van der Waals surface area contributed by atoms with E-state index in [1.54, 1.807) is 36.0 Å². The molecule has 1 saturated heterocycles. The van der Waals surface area contributed by atoms with Crippen LogP contribution in [0.4, 0.5) is 4.39 Å². The van der Waals surface area contributed by atoms with Crippen LogP contribution in [0.15, 0.2) is 42.5 Å². The maximum Gasteiger partial charge on any atom is 0.254 e. The number of hydrogen-bond acceptors (Lipinski definition) is 3. The van der Waals surface area contributed by atoms with Crippen LogP contribution in [0.5, 0.6) is 5.75 Å². The molecule has 5 nitrogen and oxygen atoms in total. The molecule has 0 unspecified atom stereocenters. The maximum atomic E-state index is 13.7. The van der Waals surface area contributed by atoms with Crippen LogP contribution in [-0.2, 0) is 11.2 Å². The monoisotopic (exact) mass is 370 g/mol. The number of benzene rings is 2. The van der Waals surface area contributed by atoms with E-state index in [1.165, 1.54) is 6.07 Å². The molecule has 1 aliphatic heterocycles. The number of piperazine rings is 1. The summed E-state index contributed by atoms with van der Waals surface area (Å²) in [4.78, 5) is 28.5. The summed E-state index contributed by atoms with van der Waals surface area (Å²) >= 11 is 0. The van der Waals surface area contributed by atoms with Gasteiger partial charge < -0.3 is 14.5 Å². The van der Waals surface area contributed by atoms with Gasteiger partial charge in [-0.15, -0.1) is 0 Å². The summed E-state index contributed by atoms with van der Waals surface area (Å²) in [5.41, 5.74) is 1.75. The predicted molar refractivity (Wildman–Crippen MR) is 100 cm³/mol. The Bertz CT molecular complexity index is 845. The molecule has 6 heteroatoms. The van der Waals surface area contributed by atoms with E-state index in [2.05, 4.69) is 0 Å². The first-order valence-electron chi connectivity index (χ1n) is 8.94. The lowest BCUT2D eigenvalue weighted by atomic mass is 10.1. The molecule has 0 aliphatic carbocycles. The molecule has 2 aromatic carbocycles. The van der Waals surface area contributed by atoms with Crippen molar-refractivity contribution in [3.05, 3.63) is 65.0 Å². The maximum absolute atomic E-state index is 13.7. The highest BCUT2D eigenvalue weighted by atomic mass is 19.1. The standard InChI is InChI=1S/C21H23FN2O3/c1-15-6-7-17(14-19(15)22)21(26)24-10-8-23(9-11-24)20(25)13-16-4-3-5-18(12-16)27-2/h3-7,12,14H,8-11,13H2,1-2H3. The van der Waals surface area contributed by atoms with Gasteiger partial charge in [0.1, 0.15) is 11.6 Å². The molecule has 0 bridgehead atoms. The highest BCUT2D eigenvalue weighted by Gasteiger charge is 2.25. The van der Waals surface area contributed by atoms with Crippen molar-refractivity contribution in [2.45, 2.75) is 13.3 Å². The zero-order valence-corrected chi connectivity index (χ0v) is 15.6. The normalized spacial score (nSPS) is 14.2. The Kier molecular flexibility index (Phi) is 5.74. The fourth-order valence-corrected chi connectivity index (χ4v) is 3.14. The number of hydrogen-bond donors (Lipinski definition) is 0. The fourth-order valence-electron chi connectivity index (χ4n) is 3.14. The van der Waals surface area contributed by atoms with Gasteiger partial charge >= 0.3 is 0 Å². The van der Waals surface area contributed by atoms with Crippen molar-refractivity contribution in [3.63, 3.8) is 0 Å². The van der Waals surface area contributed by atoms with E-state index >= 15 is 0 Å². The third-order valence-electron chi connectivity index (χ3n) is 4.83. The molecule has 3 rings (SSSR count). The van der Waals surface area contributed by atoms with Crippen LogP contribution >= 0.6 is 0 Å². The molecule has 0 atom stereocenters. The van der Waals surface area contributed by atoms with E-state index in [1.807, 2.05) is 24.3 Å². The molecular weight excluding hydrogens is 347 g/mol. The summed E-state index contributed by atoms with van der Waals surface area (Å²) in [6.07, 6.45) is 0.300. The van der Waals surface area contributed by atoms with Gasteiger partial charge in [0, 0.05) is 31.7 Å². The summed E-state index contributed by atoms with van der Waals surface area (Å²) < 4.78 is 18.9. The largest absolute Gasteiger partial charge is 0.497 e. The Morgan fingerprint density at radius 1 is 1.04 bits per heavy atom. The lowest BCUT2D eigenvalue weighted by Crippen LogP contribution is -2.51. The van der Waals surface area contributed by atoms with Gasteiger partial charge in [0.2, 0.25) is 5.91 Å². The van der Waals surface area contributed by atoms with E-state index < -0.39 is 0 Å². The molecule has 0 N–H and O–H groups in total. The summed E-state index contributed by atoms with van der Waals surface area (Å²) in [6, 6.07) is 12.0. The second-order valence-corrected chi connectivity index (χ2v) is 6.67. The summed E-state index contributed by atoms with van der Waals surface area (Å²) in [5.74, 6) is 0.166. The molecule has 27 heavy (non-hydrogen) atoms. The Morgan fingerprint density at radius 3 is 2.41 bits per heavy atom. The molecule has 2 aromatic rings. The van der Waals surface area contributed by atoms with Crippen LogP contribution in [0.2, 0.25) is 0 Å². The Balaban J connectivity index is 1.56. The van der Waals surface area contributed by atoms with Crippen molar-refractivity contribution < 1.29 is 18.7 Å². The van der Waals surface area contributed by atoms with Gasteiger partial charge in [-0.05, 0) is 42.3 Å². The van der Waals surface area contributed by atoms with Crippen LogP contribution in [0, 0.1) is 12.7 Å². The Morgan fingerprint density at radius 2 is 1.74 bits per heavy atom. The van der Waals surface area contributed by atoms with Crippen molar-refractivity contribution in [1.82, 2.24) is 9.80 Å². The van der Waals surface area contributed by atoms with Crippen LogP contribution in [0.1, 0.15) is 21.5 Å². The van der Waals surface area contributed by atoms with Crippen molar-refractivity contribution in [2.75, 3.05) is 33.3 Å². The van der Waals surface area contributed by atoms with Crippen LogP contribution in [-0.4, -0.2) is 54.9 Å². The molecule has 0 radical (unpaired) electrons. The van der Waals surface area contributed by atoms with Gasteiger partial charge in [-0.25, -0.2) is 4.39 Å². The highest BCUT2D eigenvalue weighted by Crippen LogP contribution is 2.16. The topological polar surface area (TPSA) is 49.9 Å². The minimum absolute atomic E-state index is 0.0248. The number of methoxy groups -OCH3 is 1. The first kappa shape index (κ1) is 18.9. The molecule has 0 aromatic heterocycles. The minimum atomic E-state index is -0.382. The van der Waals surface area contributed by atoms with Crippen LogP contribution in [0.3, 0.4) is 0 Å². The minimum Gasteiger partial charge on any atom is -0.497 e. The van der Waals surface area contributed by atoms with Crippen molar-refractivity contribution in [2.24, 2.45) is 0 Å². The van der Waals surface area contributed by atoms with Crippen LogP contribution < -0.4 is 4.74 Å². The Hall–Kier alpha value is -2.89. The second kappa shape index (κ2) is 8.20. The van der Waals surface area contributed by atoms with Gasteiger partial charge in [-0.2, -0.15) is 0 Å². The van der Waals surface area contributed by atoms with Crippen LogP contribution in [0.25, 0.3) is 0 Å². The number of carbonyl (C=O) groups excluding carboxylic acids is 2. The molecule has 1 aliphatic rings. The lowest BCUT2D eigenvalue weighted by molar-refractivity contribution is -0.131. The summed E-state index contributed by atoms with van der Waals surface area (Å²) in [6.45, 7) is 3.50. The van der Waals surface area contributed by atoms with Gasteiger partial charge in [-0.1, -0.05) is 18.2 Å². The molecular formula is C21H23FN2O3. The first-order chi connectivity index (χ1) is 13.0. The molecule has 2 amide bonds. The quantitative estimate of drug-likeness (QED) is 0.831. The average Bonchev–Trinajstić information content (AvgIpc) is 2.69. The summed E-state index contributed by atoms with van der Waals surface area (Å²) in [7, 11) is 1.59. The molecule has 142 valence electrons. The smallest absolute Gasteiger partial charge is 0.254 e. The van der Waals surface area contributed by atoms with Gasteiger partial charge in [0.15, 0.2) is 0 Å². The van der Waals surface area contributed by atoms with E-state index in [0.29, 0.717) is 43.7 Å². The zero-order chi connectivity index (χ0) is 19.4. The molecule has 0 spiro atoms. The number of amides is 2. The number of carbonyl (C=O) groups is 2. The highest BCUT2D eigenvalue weighted by molar-refractivity contribution is 5.94. The Labute approximate surface area is 158 Å². The average molecular weight is 370 g/mol. The molecule has 1 heterocycles. The van der Waals surface area contributed by atoms with E-state index in [-0.39, 0.29) is 17.6 Å². The van der Waals surface area contributed by atoms with E-state index in [0.717, 1.165) is 11.3 Å². The second-order valence-electron chi connectivity index (χ2n) is 6.67. The number of ether oxygens (including phenoxy) is 1. The third kappa shape index (κ3) is 4.45. The van der Waals surface area contributed by atoms with Gasteiger partial charge in [0.25, 0.3) is 5.91 Å². The third-order valence-corrected chi connectivity index (χ3v) is 4.83. The number of halogens is 1. The first-order valence-corrected chi connectivity index (χ1v) is 8.94. The summed E-state index contributed by atoms with van der Waals surface area (Å²) in [5, 5.41) is 0. The van der Waals surface area contributed by atoms with E-state index in [9.17, 15) is 14.0 Å². The lowest BCUT2D eigenvalue weighted by Gasteiger charge is -2.35. The number of rotatable bonds is 4. The number of nitrogens with zero attached hydrogens (tertiary/aromatic N) is 2. The van der Waals surface area contributed by atoms with Gasteiger partial charge in [0.05, 0.1) is 13.5 Å². The zero-order valence-electron chi connectivity index (χ0n) is 15.6. The predicted octanol–water partition coefficient (Wildman–Crippen LogP) is 2.67. The van der Waals surface area contributed by atoms with E-state index in [4.69, 9.17) is 4.74 Å². The van der Waals surface area contributed by atoms with Crippen molar-refractivity contribution >= 4 is 11.8 Å². The SMILES string of the molecule is COc1cccc(CC(=O)N2CCN(C(=O)c3ccc(C)c(F)c3)CC2)c1. The van der Waals surface area contributed by atoms with Gasteiger partial charge in [-0.3, -0.25) is 9.59 Å². The molecule has 0 saturated carbocycles. The molecule has 1 fully saturated rings.